The highest BCUT2D eigenvalue weighted by molar-refractivity contribution is 4.86. The summed E-state index contributed by atoms with van der Waals surface area (Å²) in [6.07, 6.45) is 8.21. The highest BCUT2D eigenvalue weighted by Crippen LogP contribution is 2.25. The SMILES string of the molecule is CC(C)(C)N(CCCCn1ccnc1)C(C)(C)C. The number of unbranched alkanes of at least 4 members (excludes halogenated alkanes) is 1. The van der Waals surface area contributed by atoms with Crippen LogP contribution in [0.25, 0.3) is 0 Å². The van der Waals surface area contributed by atoms with Crippen molar-refractivity contribution in [1.29, 1.82) is 0 Å². The maximum absolute atomic E-state index is 4.07. The third-order valence-corrected chi connectivity index (χ3v) is 3.23. The minimum Gasteiger partial charge on any atom is -0.337 e. The molecule has 0 aliphatic carbocycles. The van der Waals surface area contributed by atoms with Crippen LogP contribution in [-0.4, -0.2) is 32.1 Å². The molecule has 1 rings (SSSR count). The van der Waals surface area contributed by atoms with Gasteiger partial charge in [-0.15, -0.1) is 0 Å². The van der Waals surface area contributed by atoms with E-state index in [4.69, 9.17) is 0 Å². The molecule has 0 aromatic carbocycles. The summed E-state index contributed by atoms with van der Waals surface area (Å²) in [4.78, 5) is 6.66. The monoisotopic (exact) mass is 251 g/mol. The highest BCUT2D eigenvalue weighted by atomic mass is 15.2. The van der Waals surface area contributed by atoms with Crippen molar-refractivity contribution in [3.8, 4) is 0 Å². The summed E-state index contributed by atoms with van der Waals surface area (Å²) >= 11 is 0. The molecule has 0 aliphatic heterocycles. The van der Waals surface area contributed by atoms with E-state index in [0.717, 1.165) is 13.1 Å². The van der Waals surface area contributed by atoms with Gasteiger partial charge in [0, 0.05) is 30.0 Å². The van der Waals surface area contributed by atoms with E-state index in [1.165, 1.54) is 12.8 Å². The Morgan fingerprint density at radius 3 is 2.06 bits per heavy atom. The van der Waals surface area contributed by atoms with Crippen LogP contribution in [-0.2, 0) is 6.54 Å². The van der Waals surface area contributed by atoms with Crippen LogP contribution in [0.1, 0.15) is 54.4 Å². The predicted octanol–water partition coefficient (Wildman–Crippen LogP) is 3.56. The Kier molecular flexibility index (Phi) is 4.97. The Hall–Kier alpha value is -0.830. The van der Waals surface area contributed by atoms with Crippen molar-refractivity contribution < 1.29 is 0 Å². The molecule has 18 heavy (non-hydrogen) atoms. The van der Waals surface area contributed by atoms with Gasteiger partial charge in [-0.25, -0.2) is 4.98 Å². The van der Waals surface area contributed by atoms with Gasteiger partial charge in [0.05, 0.1) is 6.33 Å². The minimum atomic E-state index is 0.229. The molecular weight excluding hydrogens is 222 g/mol. The van der Waals surface area contributed by atoms with Crippen molar-refractivity contribution in [3.63, 3.8) is 0 Å². The number of hydrogen-bond acceptors (Lipinski definition) is 2. The first-order chi connectivity index (χ1) is 8.21. The lowest BCUT2D eigenvalue weighted by atomic mass is 9.95. The van der Waals surface area contributed by atoms with Crippen molar-refractivity contribution in [1.82, 2.24) is 14.5 Å². The third-order valence-electron chi connectivity index (χ3n) is 3.23. The van der Waals surface area contributed by atoms with Gasteiger partial charge in [0.1, 0.15) is 0 Å². The van der Waals surface area contributed by atoms with E-state index < -0.39 is 0 Å². The number of aryl methyl sites for hydroxylation is 1. The lowest BCUT2D eigenvalue weighted by molar-refractivity contribution is 0.0366. The van der Waals surface area contributed by atoms with Crippen LogP contribution in [0.15, 0.2) is 18.7 Å². The van der Waals surface area contributed by atoms with Crippen molar-refractivity contribution in [2.24, 2.45) is 0 Å². The van der Waals surface area contributed by atoms with E-state index in [2.05, 4.69) is 56.0 Å². The van der Waals surface area contributed by atoms with Crippen molar-refractivity contribution >= 4 is 0 Å². The Labute approximate surface area is 112 Å². The number of aromatic nitrogens is 2. The first-order valence-corrected chi connectivity index (χ1v) is 6.95. The smallest absolute Gasteiger partial charge is 0.0945 e. The Morgan fingerprint density at radius 1 is 1.00 bits per heavy atom. The third kappa shape index (κ3) is 4.81. The van der Waals surface area contributed by atoms with E-state index in [1.54, 1.807) is 0 Å². The molecule has 0 saturated carbocycles. The normalized spacial score (nSPS) is 13.3. The fourth-order valence-corrected chi connectivity index (χ4v) is 2.66. The maximum atomic E-state index is 4.07. The molecule has 0 saturated heterocycles. The molecule has 0 atom stereocenters. The Balaban J connectivity index is 2.39. The second kappa shape index (κ2) is 5.87. The molecule has 0 unspecified atom stereocenters. The van der Waals surface area contributed by atoms with Gasteiger partial charge < -0.3 is 4.57 Å². The van der Waals surface area contributed by atoms with Crippen LogP contribution in [0, 0.1) is 0 Å². The number of imidazole rings is 1. The van der Waals surface area contributed by atoms with Crippen LogP contribution < -0.4 is 0 Å². The standard InChI is InChI=1S/C15H29N3/c1-14(2,3)18(15(4,5)6)11-8-7-10-17-12-9-16-13-17/h9,12-13H,7-8,10-11H2,1-6H3. The fraction of sp³-hybridized carbons (Fsp3) is 0.800. The Bertz CT molecular complexity index is 314. The minimum absolute atomic E-state index is 0.229. The van der Waals surface area contributed by atoms with Crippen LogP contribution in [0.3, 0.4) is 0 Å². The Morgan fingerprint density at radius 2 is 1.61 bits per heavy atom. The van der Waals surface area contributed by atoms with Gasteiger partial charge in [-0.1, -0.05) is 0 Å². The second-order valence-electron chi connectivity index (χ2n) is 7.00. The number of nitrogens with zero attached hydrogens (tertiary/aromatic N) is 3. The van der Waals surface area contributed by atoms with Gasteiger partial charge in [-0.2, -0.15) is 0 Å². The molecular formula is C15H29N3. The van der Waals surface area contributed by atoms with Crippen molar-refractivity contribution in [2.45, 2.75) is 72.0 Å². The first kappa shape index (κ1) is 15.2. The van der Waals surface area contributed by atoms with E-state index in [0.29, 0.717) is 0 Å². The molecule has 0 aliphatic rings. The second-order valence-corrected chi connectivity index (χ2v) is 7.00. The van der Waals surface area contributed by atoms with Crippen LogP contribution >= 0.6 is 0 Å². The summed E-state index contributed by atoms with van der Waals surface area (Å²) in [5, 5.41) is 0. The van der Waals surface area contributed by atoms with E-state index in [-0.39, 0.29) is 11.1 Å². The zero-order valence-corrected chi connectivity index (χ0v) is 12.9. The predicted molar refractivity (Wildman–Crippen MR) is 77.7 cm³/mol. The average Bonchev–Trinajstić information content (AvgIpc) is 2.65. The van der Waals surface area contributed by atoms with Gasteiger partial charge in [0.15, 0.2) is 0 Å². The summed E-state index contributed by atoms with van der Waals surface area (Å²) in [5.74, 6) is 0. The van der Waals surface area contributed by atoms with E-state index >= 15 is 0 Å². The molecule has 0 spiro atoms. The molecule has 1 aromatic rings. The molecule has 0 radical (unpaired) electrons. The zero-order chi connectivity index (χ0) is 13.8. The summed E-state index contributed by atoms with van der Waals surface area (Å²) in [6, 6.07) is 0. The molecule has 1 aromatic heterocycles. The lowest BCUT2D eigenvalue weighted by Crippen LogP contribution is -2.52. The first-order valence-electron chi connectivity index (χ1n) is 6.95. The molecule has 1 heterocycles. The largest absolute Gasteiger partial charge is 0.337 e. The topological polar surface area (TPSA) is 21.1 Å². The van der Waals surface area contributed by atoms with Crippen LogP contribution in [0.2, 0.25) is 0 Å². The van der Waals surface area contributed by atoms with Crippen molar-refractivity contribution in [3.05, 3.63) is 18.7 Å². The summed E-state index contributed by atoms with van der Waals surface area (Å²) in [7, 11) is 0. The summed E-state index contributed by atoms with van der Waals surface area (Å²) in [5.41, 5.74) is 0.459. The van der Waals surface area contributed by atoms with Gasteiger partial charge in [0.2, 0.25) is 0 Å². The molecule has 3 nitrogen and oxygen atoms in total. The van der Waals surface area contributed by atoms with Crippen LogP contribution in [0.5, 0.6) is 0 Å². The molecule has 0 amide bonds. The molecule has 104 valence electrons. The number of hydrogen-bond donors (Lipinski definition) is 0. The maximum Gasteiger partial charge on any atom is 0.0945 e. The molecule has 0 N–H and O–H groups in total. The summed E-state index contributed by atoms with van der Waals surface area (Å²) < 4.78 is 2.15. The van der Waals surface area contributed by atoms with Crippen LogP contribution in [0.4, 0.5) is 0 Å². The molecule has 0 fully saturated rings. The quantitative estimate of drug-likeness (QED) is 0.746. The highest BCUT2D eigenvalue weighted by Gasteiger charge is 2.30. The number of rotatable bonds is 5. The van der Waals surface area contributed by atoms with Gasteiger partial charge in [-0.3, -0.25) is 4.90 Å². The molecule has 3 heteroatoms. The van der Waals surface area contributed by atoms with Gasteiger partial charge >= 0.3 is 0 Å². The molecule has 0 bridgehead atoms. The lowest BCUT2D eigenvalue weighted by Gasteiger charge is -2.45. The summed E-state index contributed by atoms with van der Waals surface area (Å²) in [6.45, 7) is 16.0. The van der Waals surface area contributed by atoms with E-state index in [1.807, 2.05) is 18.7 Å². The van der Waals surface area contributed by atoms with Gasteiger partial charge in [0.25, 0.3) is 0 Å². The zero-order valence-electron chi connectivity index (χ0n) is 12.9. The van der Waals surface area contributed by atoms with Gasteiger partial charge in [-0.05, 0) is 60.9 Å². The van der Waals surface area contributed by atoms with E-state index in [9.17, 15) is 0 Å². The van der Waals surface area contributed by atoms with Crippen molar-refractivity contribution in [2.75, 3.05) is 6.54 Å². The fourth-order valence-electron chi connectivity index (χ4n) is 2.66. The average molecular weight is 251 g/mol.